The average molecular weight is 287 g/mol. The molecule has 2 aromatic heterocycles. The highest BCUT2D eigenvalue weighted by Crippen LogP contribution is 2.33. The number of nitrogens with one attached hydrogen (secondary N) is 3. The first kappa shape index (κ1) is 12.5. The molecule has 0 spiro atoms. The molecule has 106 valence electrons. The van der Waals surface area contributed by atoms with Crippen molar-refractivity contribution in [1.82, 2.24) is 9.97 Å². The van der Waals surface area contributed by atoms with Crippen molar-refractivity contribution >= 4 is 17.2 Å². The van der Waals surface area contributed by atoms with Crippen LogP contribution in [0.25, 0.3) is 11.3 Å². The van der Waals surface area contributed by atoms with E-state index in [-0.39, 0.29) is 0 Å². The van der Waals surface area contributed by atoms with Crippen LogP contribution in [0.4, 0.5) is 17.2 Å². The summed E-state index contributed by atoms with van der Waals surface area (Å²) < 4.78 is 0. The van der Waals surface area contributed by atoms with E-state index in [2.05, 4.69) is 38.8 Å². The van der Waals surface area contributed by atoms with Gasteiger partial charge in [-0.2, -0.15) is 5.26 Å². The molecule has 0 saturated carbocycles. The zero-order valence-electron chi connectivity index (χ0n) is 11.7. The third kappa shape index (κ3) is 2.07. The second kappa shape index (κ2) is 4.93. The van der Waals surface area contributed by atoms with Crippen LogP contribution >= 0.6 is 0 Å². The van der Waals surface area contributed by atoms with E-state index in [1.165, 1.54) is 0 Å². The topological polar surface area (TPSA) is 76.5 Å². The molecule has 0 aliphatic carbocycles. The van der Waals surface area contributed by atoms with Gasteiger partial charge in [0.2, 0.25) is 0 Å². The van der Waals surface area contributed by atoms with Crippen LogP contribution in [0.5, 0.6) is 0 Å². The summed E-state index contributed by atoms with van der Waals surface area (Å²) in [5.74, 6) is 0.883. The van der Waals surface area contributed by atoms with Crippen molar-refractivity contribution in [2.75, 3.05) is 10.6 Å². The van der Waals surface area contributed by atoms with Crippen LogP contribution in [0, 0.1) is 11.3 Å². The number of fused-ring (bicyclic) bond motifs is 2. The summed E-state index contributed by atoms with van der Waals surface area (Å²) in [6.07, 6.45) is 1.79. The molecule has 1 aliphatic heterocycles. The number of hydrogen-bond donors (Lipinski definition) is 3. The maximum atomic E-state index is 8.92. The second-order valence-corrected chi connectivity index (χ2v) is 5.15. The summed E-state index contributed by atoms with van der Waals surface area (Å²) in [5.41, 5.74) is 5.67. The molecule has 3 aromatic rings. The maximum absolute atomic E-state index is 8.92. The van der Waals surface area contributed by atoms with Crippen molar-refractivity contribution in [3.8, 4) is 17.3 Å². The highest BCUT2D eigenvalue weighted by atomic mass is 15.0. The minimum Gasteiger partial charge on any atom is -0.379 e. The van der Waals surface area contributed by atoms with Gasteiger partial charge in [0, 0.05) is 29.6 Å². The normalized spacial score (nSPS) is 12.1. The van der Waals surface area contributed by atoms with E-state index in [9.17, 15) is 0 Å². The molecule has 0 saturated heterocycles. The van der Waals surface area contributed by atoms with Crippen molar-refractivity contribution in [1.29, 1.82) is 5.26 Å². The monoisotopic (exact) mass is 287 g/mol. The number of anilines is 3. The van der Waals surface area contributed by atoms with Gasteiger partial charge in [-0.15, -0.1) is 0 Å². The lowest BCUT2D eigenvalue weighted by Gasteiger charge is -2.10. The van der Waals surface area contributed by atoms with Crippen LogP contribution in [0.2, 0.25) is 0 Å². The summed E-state index contributed by atoms with van der Waals surface area (Å²) in [5, 5.41) is 15.7. The van der Waals surface area contributed by atoms with Gasteiger partial charge >= 0.3 is 0 Å². The van der Waals surface area contributed by atoms with Gasteiger partial charge in [0.1, 0.15) is 17.6 Å². The number of aromatic amines is 1. The van der Waals surface area contributed by atoms with Gasteiger partial charge in [-0.25, -0.2) is 4.98 Å². The Morgan fingerprint density at radius 3 is 2.91 bits per heavy atom. The molecule has 22 heavy (non-hydrogen) atoms. The fourth-order valence-corrected chi connectivity index (χ4v) is 2.61. The lowest BCUT2D eigenvalue weighted by molar-refractivity contribution is 1.14. The van der Waals surface area contributed by atoms with Crippen molar-refractivity contribution in [2.45, 2.75) is 6.54 Å². The zero-order valence-corrected chi connectivity index (χ0v) is 11.7. The molecule has 0 fully saturated rings. The summed E-state index contributed by atoms with van der Waals surface area (Å²) in [6.45, 7) is 0.723. The van der Waals surface area contributed by atoms with E-state index in [1.54, 1.807) is 12.3 Å². The summed E-state index contributed by atoms with van der Waals surface area (Å²) in [7, 11) is 0. The molecule has 1 aromatic carbocycles. The smallest absolute Gasteiger partial charge is 0.135 e. The second-order valence-electron chi connectivity index (χ2n) is 5.15. The van der Waals surface area contributed by atoms with Gasteiger partial charge < -0.3 is 15.6 Å². The zero-order chi connectivity index (χ0) is 14.9. The third-order valence-corrected chi connectivity index (χ3v) is 3.75. The summed E-state index contributed by atoms with van der Waals surface area (Å²) in [4.78, 5) is 7.48. The van der Waals surface area contributed by atoms with Gasteiger partial charge in [0.15, 0.2) is 0 Å². The van der Waals surface area contributed by atoms with Crippen molar-refractivity contribution in [3.05, 3.63) is 59.9 Å². The summed E-state index contributed by atoms with van der Waals surface area (Å²) >= 11 is 0. The SMILES string of the molecule is N#Cc1ccc(-c2ccc3c(c2)NCc2cccnc2N3)[nH]1. The molecule has 3 N–H and O–H groups in total. The average Bonchev–Trinajstić information content (AvgIpc) is 2.96. The molecule has 5 nitrogen and oxygen atoms in total. The number of benzene rings is 1. The highest BCUT2D eigenvalue weighted by molar-refractivity contribution is 5.81. The molecule has 0 radical (unpaired) electrons. The van der Waals surface area contributed by atoms with Gasteiger partial charge in [-0.1, -0.05) is 12.1 Å². The molecular weight excluding hydrogens is 274 g/mol. The first-order valence-electron chi connectivity index (χ1n) is 7.02. The molecule has 0 bridgehead atoms. The first-order valence-corrected chi connectivity index (χ1v) is 7.02. The molecule has 0 unspecified atom stereocenters. The van der Waals surface area contributed by atoms with E-state index in [0.29, 0.717) is 5.69 Å². The number of rotatable bonds is 1. The molecule has 4 rings (SSSR count). The van der Waals surface area contributed by atoms with Crippen LogP contribution in [0.15, 0.2) is 48.7 Å². The van der Waals surface area contributed by atoms with E-state index >= 15 is 0 Å². The van der Waals surface area contributed by atoms with E-state index in [1.807, 2.05) is 24.3 Å². The Hall–Kier alpha value is -3.26. The number of hydrogen-bond acceptors (Lipinski definition) is 4. The Balaban J connectivity index is 1.73. The van der Waals surface area contributed by atoms with Crippen LogP contribution in [0.3, 0.4) is 0 Å². The van der Waals surface area contributed by atoms with Gasteiger partial charge in [-0.05, 0) is 30.3 Å². The Kier molecular flexibility index (Phi) is 2.80. The first-order chi connectivity index (χ1) is 10.8. The quantitative estimate of drug-likeness (QED) is 0.639. The van der Waals surface area contributed by atoms with Crippen LogP contribution < -0.4 is 10.6 Å². The molecular formula is C17H13N5. The van der Waals surface area contributed by atoms with Crippen molar-refractivity contribution in [2.24, 2.45) is 0 Å². The molecule has 1 aliphatic rings. The molecule has 0 amide bonds. The van der Waals surface area contributed by atoms with Crippen molar-refractivity contribution in [3.63, 3.8) is 0 Å². The van der Waals surface area contributed by atoms with Gasteiger partial charge in [0.05, 0.1) is 11.4 Å². The molecule has 0 atom stereocenters. The standard InChI is InChI=1S/C17H13N5/c18-9-13-4-6-14(21-13)11-3-5-15-16(8-11)20-10-12-2-1-7-19-17(12)22-15/h1-8,20-21H,10H2,(H,19,22). The fraction of sp³-hybridized carbons (Fsp3) is 0.0588. The predicted octanol–water partition coefficient (Wildman–Crippen LogP) is 3.62. The Bertz CT molecular complexity index is 888. The number of aromatic nitrogens is 2. The predicted molar refractivity (Wildman–Crippen MR) is 85.8 cm³/mol. The minimum absolute atomic E-state index is 0.563. The number of nitriles is 1. The summed E-state index contributed by atoms with van der Waals surface area (Å²) in [6, 6.07) is 15.9. The van der Waals surface area contributed by atoms with Crippen LogP contribution in [-0.4, -0.2) is 9.97 Å². The molecule has 5 heteroatoms. The van der Waals surface area contributed by atoms with Gasteiger partial charge in [0.25, 0.3) is 0 Å². The lowest BCUT2D eigenvalue weighted by atomic mass is 10.1. The largest absolute Gasteiger partial charge is 0.379 e. The van der Waals surface area contributed by atoms with Crippen LogP contribution in [-0.2, 0) is 6.54 Å². The number of nitrogens with zero attached hydrogens (tertiary/aromatic N) is 2. The van der Waals surface area contributed by atoms with Crippen LogP contribution in [0.1, 0.15) is 11.3 Å². The minimum atomic E-state index is 0.563. The fourth-order valence-electron chi connectivity index (χ4n) is 2.61. The number of pyridine rings is 1. The molecule has 3 heterocycles. The number of H-pyrrole nitrogens is 1. The Morgan fingerprint density at radius 1 is 1.09 bits per heavy atom. The third-order valence-electron chi connectivity index (χ3n) is 3.75. The van der Waals surface area contributed by atoms with Crippen molar-refractivity contribution < 1.29 is 0 Å². The highest BCUT2D eigenvalue weighted by Gasteiger charge is 2.13. The Morgan fingerprint density at radius 2 is 2.05 bits per heavy atom. The lowest BCUT2D eigenvalue weighted by Crippen LogP contribution is -1.98. The maximum Gasteiger partial charge on any atom is 0.135 e. The Labute approximate surface area is 127 Å². The van der Waals surface area contributed by atoms with E-state index in [4.69, 9.17) is 5.26 Å². The van der Waals surface area contributed by atoms with E-state index in [0.717, 1.165) is 40.6 Å². The van der Waals surface area contributed by atoms with Gasteiger partial charge in [-0.3, -0.25) is 0 Å². The van der Waals surface area contributed by atoms with E-state index < -0.39 is 0 Å².